The maximum atomic E-state index is 13.4. The maximum absolute atomic E-state index is 13.4. The Kier molecular flexibility index (Phi) is 19.4. The van der Waals surface area contributed by atoms with Gasteiger partial charge >= 0.3 is 11.9 Å². The van der Waals surface area contributed by atoms with Gasteiger partial charge in [-0.2, -0.15) is 0 Å². The molecule has 0 radical (unpaired) electrons. The number of hydrogen-bond acceptors (Lipinski definition) is 26. The molecule has 0 spiro atoms. The van der Waals surface area contributed by atoms with Crippen LogP contribution in [0.15, 0.2) is 12.7 Å². The number of aliphatic hydroxyl groups is 13. The number of rotatable bonds is 18. The first-order valence-corrected chi connectivity index (χ1v) is 21.2. The van der Waals surface area contributed by atoms with Gasteiger partial charge in [0.2, 0.25) is 6.29 Å². The van der Waals surface area contributed by atoms with Crippen LogP contribution in [0.2, 0.25) is 0 Å². The molecular formula is C39H64O26. The Hall–Kier alpha value is -2.20. The molecule has 5 heterocycles. The van der Waals surface area contributed by atoms with Crippen LogP contribution in [0, 0.1) is 5.92 Å². The lowest BCUT2D eigenvalue weighted by Gasteiger charge is -2.48. The Morgan fingerprint density at radius 1 is 0.631 bits per heavy atom. The third kappa shape index (κ3) is 12.9. The summed E-state index contributed by atoms with van der Waals surface area (Å²) >= 11 is 0. The van der Waals surface area contributed by atoms with Crippen molar-refractivity contribution in [2.24, 2.45) is 5.92 Å². The summed E-state index contributed by atoms with van der Waals surface area (Å²) in [5.74, 6) is -2.46. The molecule has 13 N–H and O–H groups in total. The Labute approximate surface area is 372 Å². The molecule has 5 saturated heterocycles. The lowest BCUT2D eigenvalue weighted by Crippen LogP contribution is -2.66. The van der Waals surface area contributed by atoms with Crippen LogP contribution in [0.3, 0.4) is 0 Å². The van der Waals surface area contributed by atoms with Gasteiger partial charge in [0.25, 0.3) is 0 Å². The smallest absolute Gasteiger partial charge is 0.309 e. The van der Waals surface area contributed by atoms with Gasteiger partial charge in [-0.15, -0.1) is 6.58 Å². The van der Waals surface area contributed by atoms with Crippen molar-refractivity contribution in [3.63, 3.8) is 0 Å². The standard InChI is InChI=1S/C39H64O26/c1-5-39(4,54)8-6-7-14(2)33(53)63-31-19(12-56-34(28(31)51)58-15(3)42)61-35-29(52)32(20(13-57-35)62-37-25(48)23(46)21(44)17(9-40)59-37)65-36-27(50)30(16(43)11-55-36)64-38-26(49)24(47)22(45)18(10-41)60-38/h5,14,16-32,34-38,40-41,43-52,54H,1,6-13H2,2-4H3. The average molecular weight is 949 g/mol. The zero-order valence-corrected chi connectivity index (χ0v) is 35.8. The topological polar surface area (TPSA) is 399 Å². The third-order valence-corrected chi connectivity index (χ3v) is 11.8. The van der Waals surface area contributed by atoms with Gasteiger partial charge in [-0.3, -0.25) is 9.59 Å². The van der Waals surface area contributed by atoms with E-state index in [0.29, 0.717) is 6.42 Å². The number of ether oxygens (including phenoxy) is 11. The van der Waals surface area contributed by atoms with Crippen LogP contribution in [-0.2, 0) is 61.7 Å². The van der Waals surface area contributed by atoms with Crippen molar-refractivity contribution in [3.8, 4) is 0 Å². The minimum Gasteiger partial charge on any atom is -0.456 e. The first-order valence-electron chi connectivity index (χ1n) is 21.2. The Bertz CT molecular complexity index is 1520. The number of carbonyl (C=O) groups excluding carboxylic acids is 2. The van der Waals surface area contributed by atoms with Gasteiger partial charge in [-0.05, 0) is 26.2 Å². The zero-order valence-electron chi connectivity index (χ0n) is 35.8. The summed E-state index contributed by atoms with van der Waals surface area (Å²) < 4.78 is 62.0. The summed E-state index contributed by atoms with van der Waals surface area (Å²) in [4.78, 5) is 25.2. The van der Waals surface area contributed by atoms with Crippen LogP contribution in [-0.4, -0.2) is 252 Å². The highest BCUT2D eigenvalue weighted by Gasteiger charge is 2.54. The van der Waals surface area contributed by atoms with Crippen LogP contribution in [0.1, 0.15) is 40.0 Å². The first kappa shape index (κ1) is 53.8. The van der Waals surface area contributed by atoms with Crippen molar-refractivity contribution in [2.75, 3.05) is 33.0 Å². The molecule has 24 atom stereocenters. The van der Waals surface area contributed by atoms with Crippen molar-refractivity contribution in [1.29, 1.82) is 0 Å². The molecule has 0 aromatic carbocycles. The quantitative estimate of drug-likeness (QED) is 0.0448. The van der Waals surface area contributed by atoms with Gasteiger partial charge in [0.05, 0.1) is 44.6 Å². The summed E-state index contributed by atoms with van der Waals surface area (Å²) in [7, 11) is 0. The van der Waals surface area contributed by atoms with Crippen molar-refractivity contribution in [3.05, 3.63) is 12.7 Å². The molecular weight excluding hydrogens is 884 g/mol. The van der Waals surface area contributed by atoms with Gasteiger partial charge in [-0.25, -0.2) is 0 Å². The molecule has 26 nitrogen and oxygen atoms in total. The summed E-state index contributed by atoms with van der Waals surface area (Å²) in [5, 5.41) is 138. The van der Waals surface area contributed by atoms with E-state index in [2.05, 4.69) is 6.58 Å². The van der Waals surface area contributed by atoms with Crippen LogP contribution in [0.4, 0.5) is 0 Å². The van der Waals surface area contributed by atoms with E-state index in [1.807, 2.05) is 0 Å². The highest BCUT2D eigenvalue weighted by molar-refractivity contribution is 5.72. The number of esters is 2. The Morgan fingerprint density at radius 2 is 1.09 bits per heavy atom. The fraction of sp³-hybridized carbons (Fsp3) is 0.897. The molecule has 376 valence electrons. The minimum absolute atomic E-state index is 0.237. The zero-order chi connectivity index (χ0) is 48.1. The van der Waals surface area contributed by atoms with Crippen molar-refractivity contribution < 1.29 is 128 Å². The molecule has 65 heavy (non-hydrogen) atoms. The molecule has 0 amide bonds. The van der Waals surface area contributed by atoms with Gasteiger partial charge in [0, 0.05) is 6.92 Å². The SMILES string of the molecule is C=CC(C)(O)CCCC(C)C(=O)OC1C(OC2OCC(OC3OC(CO)C(O)C(O)C3O)C(OC3OCC(O)C(OC4OC(CO)C(O)C(O)C4O)C3O)C2O)COC(OC(C)=O)C1O. The summed E-state index contributed by atoms with van der Waals surface area (Å²) in [6.07, 6.45) is -36.6. The van der Waals surface area contributed by atoms with Crippen LogP contribution in [0.25, 0.3) is 0 Å². The van der Waals surface area contributed by atoms with Gasteiger partial charge in [-0.1, -0.05) is 13.0 Å². The van der Waals surface area contributed by atoms with E-state index >= 15 is 0 Å². The van der Waals surface area contributed by atoms with Gasteiger partial charge < -0.3 is 118 Å². The lowest BCUT2D eigenvalue weighted by molar-refractivity contribution is -0.384. The molecule has 24 unspecified atom stereocenters. The molecule has 0 saturated carbocycles. The molecule has 5 aliphatic heterocycles. The molecule has 0 aromatic heterocycles. The lowest BCUT2D eigenvalue weighted by atomic mass is 9.95. The highest BCUT2D eigenvalue weighted by Crippen LogP contribution is 2.34. The molecule has 5 fully saturated rings. The third-order valence-electron chi connectivity index (χ3n) is 11.8. The molecule has 0 bridgehead atoms. The van der Waals surface area contributed by atoms with E-state index in [9.17, 15) is 76.0 Å². The number of carbonyl (C=O) groups is 2. The summed E-state index contributed by atoms with van der Waals surface area (Å²) in [6, 6.07) is 0. The van der Waals surface area contributed by atoms with Gasteiger partial charge in [0.15, 0.2) is 37.4 Å². The van der Waals surface area contributed by atoms with Crippen molar-refractivity contribution >= 4 is 11.9 Å². The highest BCUT2D eigenvalue weighted by atomic mass is 16.8. The average Bonchev–Trinajstić information content (AvgIpc) is 3.26. The molecule has 0 aliphatic carbocycles. The first-order chi connectivity index (χ1) is 30.6. The van der Waals surface area contributed by atoms with Crippen molar-refractivity contribution in [2.45, 2.75) is 181 Å². The molecule has 0 aromatic rings. The van der Waals surface area contributed by atoms with Crippen LogP contribution in [0.5, 0.6) is 0 Å². The van der Waals surface area contributed by atoms with Crippen LogP contribution < -0.4 is 0 Å². The van der Waals surface area contributed by atoms with E-state index in [4.69, 9.17) is 52.1 Å². The predicted octanol–water partition coefficient (Wildman–Crippen LogP) is -7.14. The Balaban J connectivity index is 1.37. The van der Waals surface area contributed by atoms with E-state index in [1.54, 1.807) is 13.8 Å². The second-order valence-electron chi connectivity index (χ2n) is 17.0. The summed E-state index contributed by atoms with van der Waals surface area (Å²) in [6.45, 7) is 4.25. The fourth-order valence-corrected chi connectivity index (χ4v) is 7.76. The van der Waals surface area contributed by atoms with Crippen LogP contribution >= 0.6 is 0 Å². The normalized spacial score (nSPS) is 45.2. The Morgan fingerprint density at radius 3 is 1.65 bits per heavy atom. The second-order valence-corrected chi connectivity index (χ2v) is 17.0. The monoisotopic (exact) mass is 948 g/mol. The fourth-order valence-electron chi connectivity index (χ4n) is 7.76. The molecule has 5 rings (SSSR count). The van der Waals surface area contributed by atoms with Gasteiger partial charge in [0.1, 0.15) is 91.6 Å². The molecule has 26 heteroatoms. The second kappa shape index (κ2) is 23.4. The maximum Gasteiger partial charge on any atom is 0.309 e. The largest absolute Gasteiger partial charge is 0.456 e. The summed E-state index contributed by atoms with van der Waals surface area (Å²) in [5.41, 5.74) is -1.19. The van der Waals surface area contributed by atoms with Crippen molar-refractivity contribution in [1.82, 2.24) is 0 Å². The van der Waals surface area contributed by atoms with E-state index < -0.39 is 192 Å². The van der Waals surface area contributed by atoms with E-state index in [0.717, 1.165) is 6.92 Å². The molecule has 5 aliphatic rings. The number of hydrogen-bond donors (Lipinski definition) is 13. The van der Waals surface area contributed by atoms with E-state index in [1.165, 1.54) is 6.08 Å². The predicted molar refractivity (Wildman–Crippen MR) is 206 cm³/mol. The van der Waals surface area contributed by atoms with E-state index in [-0.39, 0.29) is 12.8 Å². The number of aliphatic hydroxyl groups excluding tert-OH is 12. The minimum atomic E-state index is -2.04.